The van der Waals surface area contributed by atoms with E-state index in [-0.39, 0.29) is 17.7 Å². The predicted octanol–water partition coefficient (Wildman–Crippen LogP) is 4.84. The Bertz CT molecular complexity index is 885. The van der Waals surface area contributed by atoms with Crippen LogP contribution in [0.15, 0.2) is 54.6 Å². The average molecular weight is 406 g/mol. The van der Waals surface area contributed by atoms with Gasteiger partial charge in [0.2, 0.25) is 0 Å². The zero-order chi connectivity index (χ0) is 20.6. The predicted molar refractivity (Wildman–Crippen MR) is 120 cm³/mol. The van der Waals surface area contributed by atoms with Crippen LogP contribution in [0.2, 0.25) is 0 Å². The second-order valence-corrected chi connectivity index (χ2v) is 8.95. The van der Waals surface area contributed by atoms with Gasteiger partial charge in [-0.25, -0.2) is 4.79 Å². The van der Waals surface area contributed by atoms with E-state index in [9.17, 15) is 4.79 Å². The summed E-state index contributed by atoms with van der Waals surface area (Å²) in [6.45, 7) is 5.53. The molecule has 5 nitrogen and oxygen atoms in total. The highest BCUT2D eigenvalue weighted by atomic mass is 16.5. The number of benzene rings is 2. The number of morpholine rings is 1. The highest BCUT2D eigenvalue weighted by molar-refractivity contribution is 5.91. The summed E-state index contributed by atoms with van der Waals surface area (Å²) < 4.78 is 5.64. The summed E-state index contributed by atoms with van der Waals surface area (Å²) in [7, 11) is 0. The summed E-state index contributed by atoms with van der Waals surface area (Å²) in [6.07, 6.45) is 4.98. The molecule has 2 saturated heterocycles. The molecule has 158 valence electrons. The lowest BCUT2D eigenvalue weighted by atomic mass is 9.62. The molecule has 30 heavy (non-hydrogen) atoms. The van der Waals surface area contributed by atoms with E-state index in [4.69, 9.17) is 4.74 Å². The molecule has 2 amide bonds. The van der Waals surface area contributed by atoms with Crippen molar-refractivity contribution in [2.24, 2.45) is 5.92 Å². The number of anilines is 2. The second-order valence-electron chi connectivity index (χ2n) is 8.95. The van der Waals surface area contributed by atoms with Crippen molar-refractivity contribution in [1.82, 2.24) is 4.90 Å². The fourth-order valence-corrected chi connectivity index (χ4v) is 5.62. The highest BCUT2D eigenvalue weighted by Crippen LogP contribution is 2.53. The number of amides is 2. The highest BCUT2D eigenvalue weighted by Gasteiger charge is 2.57. The molecule has 0 spiro atoms. The molecule has 1 N–H and O–H groups in total. The first kappa shape index (κ1) is 19.4. The van der Waals surface area contributed by atoms with Crippen molar-refractivity contribution in [2.45, 2.75) is 44.2 Å². The minimum Gasteiger partial charge on any atom is -0.375 e. The third kappa shape index (κ3) is 3.35. The van der Waals surface area contributed by atoms with E-state index in [0.29, 0.717) is 5.92 Å². The summed E-state index contributed by atoms with van der Waals surface area (Å²) >= 11 is 0. The van der Waals surface area contributed by atoms with Crippen molar-refractivity contribution in [2.75, 3.05) is 36.5 Å². The Balaban J connectivity index is 1.30. The third-order valence-electron chi connectivity index (χ3n) is 7.16. The van der Waals surface area contributed by atoms with Gasteiger partial charge in [-0.15, -0.1) is 0 Å². The number of nitrogens with zero attached hydrogens (tertiary/aromatic N) is 2. The smallest absolute Gasteiger partial charge is 0.322 e. The second kappa shape index (κ2) is 7.95. The largest absolute Gasteiger partial charge is 0.375 e. The Hall–Kier alpha value is -2.53. The molecule has 0 aromatic heterocycles. The van der Waals surface area contributed by atoms with Crippen LogP contribution in [0.25, 0.3) is 0 Å². The Morgan fingerprint density at radius 2 is 1.87 bits per heavy atom. The molecule has 2 aromatic rings. The van der Waals surface area contributed by atoms with Crippen molar-refractivity contribution in [3.05, 3.63) is 60.2 Å². The van der Waals surface area contributed by atoms with Crippen LogP contribution < -0.4 is 10.2 Å². The van der Waals surface area contributed by atoms with Crippen LogP contribution in [0.1, 0.15) is 38.2 Å². The first-order valence-electron chi connectivity index (χ1n) is 11.3. The van der Waals surface area contributed by atoms with Gasteiger partial charge in [-0.1, -0.05) is 43.2 Å². The summed E-state index contributed by atoms with van der Waals surface area (Å²) in [5.74, 6) is 0.574. The number of likely N-dealkylation sites (tertiary alicyclic amines) is 1. The molecule has 2 aliphatic heterocycles. The van der Waals surface area contributed by atoms with Crippen LogP contribution in [-0.2, 0) is 10.3 Å². The Morgan fingerprint density at radius 1 is 1.07 bits per heavy atom. The number of carbonyl (C=O) groups excluding carboxylic acids is 1. The van der Waals surface area contributed by atoms with Gasteiger partial charge in [-0.3, -0.25) is 0 Å². The number of nitrogens with one attached hydrogen (secondary N) is 1. The SMILES string of the molecule is C[C@@H]1CN(c2ccc(NC(=O)N3C[C@@H]4CCCC[C@]43c3ccccc3)cc2)CCO1. The van der Waals surface area contributed by atoms with Gasteiger partial charge < -0.3 is 19.9 Å². The quantitative estimate of drug-likeness (QED) is 0.794. The Labute approximate surface area is 179 Å². The number of carbonyl (C=O) groups is 1. The van der Waals surface area contributed by atoms with Crippen LogP contribution in [0, 0.1) is 5.92 Å². The molecule has 5 heteroatoms. The zero-order valence-electron chi connectivity index (χ0n) is 17.7. The van der Waals surface area contributed by atoms with E-state index >= 15 is 0 Å². The van der Waals surface area contributed by atoms with E-state index < -0.39 is 0 Å². The van der Waals surface area contributed by atoms with Gasteiger partial charge in [0, 0.05) is 36.9 Å². The van der Waals surface area contributed by atoms with Crippen LogP contribution in [-0.4, -0.2) is 43.3 Å². The van der Waals surface area contributed by atoms with Gasteiger partial charge in [0.05, 0.1) is 18.2 Å². The summed E-state index contributed by atoms with van der Waals surface area (Å²) in [4.78, 5) is 17.7. The maximum absolute atomic E-state index is 13.2. The number of hydrogen-bond donors (Lipinski definition) is 1. The molecule has 3 fully saturated rings. The number of urea groups is 1. The van der Waals surface area contributed by atoms with E-state index in [1.807, 2.05) is 12.1 Å². The molecule has 0 unspecified atom stereocenters. The normalized spacial score (nSPS) is 28.4. The summed E-state index contributed by atoms with van der Waals surface area (Å²) in [6, 6.07) is 18.9. The van der Waals surface area contributed by atoms with Gasteiger partial charge in [-0.05, 0) is 49.6 Å². The lowest BCUT2D eigenvalue weighted by Crippen LogP contribution is -2.68. The fraction of sp³-hybridized carbons (Fsp3) is 0.480. The lowest BCUT2D eigenvalue weighted by Gasteiger charge is -2.61. The van der Waals surface area contributed by atoms with Crippen LogP contribution in [0.5, 0.6) is 0 Å². The topological polar surface area (TPSA) is 44.8 Å². The number of hydrogen-bond acceptors (Lipinski definition) is 3. The van der Waals surface area contributed by atoms with Crippen LogP contribution >= 0.6 is 0 Å². The minimum absolute atomic E-state index is 0.0183. The molecule has 0 radical (unpaired) electrons. The fourth-order valence-electron chi connectivity index (χ4n) is 5.62. The first-order chi connectivity index (χ1) is 14.7. The van der Waals surface area contributed by atoms with Crippen molar-refractivity contribution in [3.63, 3.8) is 0 Å². The molecule has 1 saturated carbocycles. The Morgan fingerprint density at radius 3 is 2.60 bits per heavy atom. The zero-order valence-corrected chi connectivity index (χ0v) is 17.7. The first-order valence-corrected chi connectivity index (χ1v) is 11.3. The van der Waals surface area contributed by atoms with Gasteiger partial charge in [-0.2, -0.15) is 0 Å². The van der Waals surface area contributed by atoms with E-state index in [1.165, 1.54) is 30.5 Å². The molecule has 3 aliphatic rings. The molecule has 1 aliphatic carbocycles. The van der Waals surface area contributed by atoms with Gasteiger partial charge in [0.25, 0.3) is 0 Å². The van der Waals surface area contributed by atoms with Crippen molar-refractivity contribution in [3.8, 4) is 0 Å². The van der Waals surface area contributed by atoms with Crippen molar-refractivity contribution in [1.29, 1.82) is 0 Å². The maximum Gasteiger partial charge on any atom is 0.322 e. The molecule has 0 bridgehead atoms. The minimum atomic E-state index is -0.131. The van der Waals surface area contributed by atoms with Crippen molar-refractivity contribution >= 4 is 17.4 Å². The van der Waals surface area contributed by atoms with E-state index in [2.05, 4.69) is 64.5 Å². The van der Waals surface area contributed by atoms with Gasteiger partial charge in [0.15, 0.2) is 0 Å². The third-order valence-corrected chi connectivity index (χ3v) is 7.16. The average Bonchev–Trinajstić information content (AvgIpc) is 2.76. The molecular weight excluding hydrogens is 374 g/mol. The Kier molecular flexibility index (Phi) is 5.15. The number of fused-ring (bicyclic) bond motifs is 1. The number of rotatable bonds is 3. The maximum atomic E-state index is 13.2. The van der Waals surface area contributed by atoms with Gasteiger partial charge in [0.1, 0.15) is 0 Å². The van der Waals surface area contributed by atoms with Crippen molar-refractivity contribution < 1.29 is 9.53 Å². The molecule has 5 rings (SSSR count). The van der Waals surface area contributed by atoms with Gasteiger partial charge >= 0.3 is 6.03 Å². The monoisotopic (exact) mass is 405 g/mol. The van der Waals surface area contributed by atoms with Crippen LogP contribution in [0.3, 0.4) is 0 Å². The standard InChI is InChI=1S/C25H31N3O2/c1-19-17-27(15-16-30-19)23-12-10-22(11-13-23)26-24(29)28-18-21-9-5-6-14-25(21,28)20-7-3-2-4-8-20/h2-4,7-8,10-13,19,21H,5-6,9,14-18H2,1H3,(H,26,29)/t19-,21+,25+/m1/s1. The molecular formula is C25H31N3O2. The summed E-state index contributed by atoms with van der Waals surface area (Å²) in [5.41, 5.74) is 3.19. The molecule has 2 aromatic carbocycles. The lowest BCUT2D eigenvalue weighted by molar-refractivity contribution is -0.0756. The van der Waals surface area contributed by atoms with E-state index in [1.54, 1.807) is 0 Å². The van der Waals surface area contributed by atoms with Crippen LogP contribution in [0.4, 0.5) is 16.2 Å². The number of ether oxygens (including phenoxy) is 1. The summed E-state index contributed by atoms with van der Waals surface area (Å²) in [5, 5.41) is 3.15. The van der Waals surface area contributed by atoms with E-state index in [0.717, 1.165) is 38.3 Å². The molecule has 2 heterocycles. The molecule has 3 atom stereocenters.